The van der Waals surface area contributed by atoms with Crippen LogP contribution in [0.2, 0.25) is 5.02 Å². The van der Waals surface area contributed by atoms with E-state index in [4.69, 9.17) is 11.6 Å². The molecule has 178 valence electrons. The average Bonchev–Trinajstić information content (AvgIpc) is 2.84. The standard InChI is InChI=1S/C26H34ClFN4O/c1-29-26(33)11-10-21-19-30(18-20-6-2-3-7-22(20)27)13-12-24(21)31-14-16-32(17-15-31)25-9-5-4-8-23(25)28/h2-9,21,24H,10-19H2,1H3,(H,29,33)/t21-,24+/m0/s1. The van der Waals surface area contributed by atoms with Crippen LogP contribution < -0.4 is 10.2 Å². The van der Waals surface area contributed by atoms with Gasteiger partial charge in [0.25, 0.3) is 0 Å². The van der Waals surface area contributed by atoms with Crippen molar-refractivity contribution in [2.45, 2.75) is 31.8 Å². The van der Waals surface area contributed by atoms with Crippen LogP contribution >= 0.6 is 11.6 Å². The summed E-state index contributed by atoms with van der Waals surface area (Å²) in [6.07, 6.45) is 2.49. The van der Waals surface area contributed by atoms with Gasteiger partial charge in [-0.25, -0.2) is 4.39 Å². The molecule has 2 atom stereocenters. The number of hydrogen-bond acceptors (Lipinski definition) is 4. The van der Waals surface area contributed by atoms with Crippen LogP contribution in [0.25, 0.3) is 0 Å². The van der Waals surface area contributed by atoms with Crippen molar-refractivity contribution in [2.75, 3.05) is 51.2 Å². The molecule has 2 aliphatic heterocycles. The van der Waals surface area contributed by atoms with E-state index in [1.54, 1.807) is 13.1 Å². The highest BCUT2D eigenvalue weighted by molar-refractivity contribution is 6.31. The lowest BCUT2D eigenvalue weighted by Gasteiger charge is -2.47. The summed E-state index contributed by atoms with van der Waals surface area (Å²) in [5.41, 5.74) is 1.85. The molecule has 2 aromatic rings. The lowest BCUT2D eigenvalue weighted by atomic mass is 9.86. The smallest absolute Gasteiger partial charge is 0.219 e. The first-order valence-corrected chi connectivity index (χ1v) is 12.3. The SMILES string of the molecule is CNC(=O)CC[C@H]1CN(Cc2ccccc2Cl)CC[C@H]1N1CCN(c2ccccc2F)CC1. The molecule has 4 rings (SSSR count). The lowest BCUT2D eigenvalue weighted by Crippen LogP contribution is -2.56. The van der Waals surface area contributed by atoms with Crippen LogP contribution in [-0.2, 0) is 11.3 Å². The molecule has 2 heterocycles. The number of halogens is 2. The number of piperazine rings is 1. The van der Waals surface area contributed by atoms with E-state index in [1.807, 2.05) is 30.3 Å². The van der Waals surface area contributed by atoms with E-state index >= 15 is 0 Å². The molecule has 5 nitrogen and oxygen atoms in total. The Labute approximate surface area is 201 Å². The maximum Gasteiger partial charge on any atom is 0.219 e. The van der Waals surface area contributed by atoms with Gasteiger partial charge in [-0.15, -0.1) is 0 Å². The van der Waals surface area contributed by atoms with Crippen molar-refractivity contribution in [3.05, 3.63) is 64.9 Å². The zero-order valence-electron chi connectivity index (χ0n) is 19.4. The Bertz CT molecular complexity index is 934. The first-order chi connectivity index (χ1) is 16.0. The number of piperidine rings is 1. The fraction of sp³-hybridized carbons (Fsp3) is 0.500. The maximum absolute atomic E-state index is 14.2. The summed E-state index contributed by atoms with van der Waals surface area (Å²) in [6, 6.07) is 15.5. The number of carbonyl (C=O) groups excluding carboxylic acids is 1. The highest BCUT2D eigenvalue weighted by atomic mass is 35.5. The first kappa shape index (κ1) is 24.0. The number of nitrogens with one attached hydrogen (secondary N) is 1. The van der Waals surface area contributed by atoms with Gasteiger partial charge in [0.15, 0.2) is 0 Å². The Balaban J connectivity index is 1.40. The number of likely N-dealkylation sites (tertiary alicyclic amines) is 1. The zero-order chi connectivity index (χ0) is 23.2. The molecule has 0 unspecified atom stereocenters. The Hall–Kier alpha value is -2.15. The molecular weight excluding hydrogens is 439 g/mol. The molecule has 2 aromatic carbocycles. The van der Waals surface area contributed by atoms with Gasteiger partial charge in [0, 0.05) is 63.8 Å². The van der Waals surface area contributed by atoms with Crippen molar-refractivity contribution in [3.8, 4) is 0 Å². The van der Waals surface area contributed by atoms with Gasteiger partial charge >= 0.3 is 0 Å². The normalized spacial score (nSPS) is 22.3. The van der Waals surface area contributed by atoms with Crippen LogP contribution in [0, 0.1) is 11.7 Å². The summed E-state index contributed by atoms with van der Waals surface area (Å²) < 4.78 is 14.2. The summed E-state index contributed by atoms with van der Waals surface area (Å²) in [6.45, 7) is 6.29. The largest absolute Gasteiger partial charge is 0.367 e. The average molecular weight is 473 g/mol. The van der Waals surface area contributed by atoms with E-state index in [0.29, 0.717) is 24.1 Å². The van der Waals surface area contributed by atoms with E-state index in [1.165, 1.54) is 6.07 Å². The van der Waals surface area contributed by atoms with Crippen molar-refractivity contribution in [1.29, 1.82) is 0 Å². The highest BCUT2D eigenvalue weighted by Gasteiger charge is 2.35. The summed E-state index contributed by atoms with van der Waals surface area (Å²) in [5.74, 6) is 0.363. The second-order valence-electron chi connectivity index (χ2n) is 9.13. The summed E-state index contributed by atoms with van der Waals surface area (Å²) in [4.78, 5) is 19.2. The van der Waals surface area contributed by atoms with Crippen LogP contribution in [0.5, 0.6) is 0 Å². The number of anilines is 1. The predicted molar refractivity (Wildman–Crippen MR) is 132 cm³/mol. The van der Waals surface area contributed by atoms with Gasteiger partial charge < -0.3 is 10.2 Å². The third kappa shape index (κ3) is 6.05. The van der Waals surface area contributed by atoms with E-state index < -0.39 is 0 Å². The molecule has 2 aliphatic rings. The topological polar surface area (TPSA) is 38.8 Å². The third-order valence-corrected chi connectivity index (χ3v) is 7.50. The zero-order valence-corrected chi connectivity index (χ0v) is 20.1. The number of amides is 1. The summed E-state index contributed by atoms with van der Waals surface area (Å²) >= 11 is 6.41. The van der Waals surface area contributed by atoms with E-state index in [-0.39, 0.29) is 11.7 Å². The number of nitrogens with zero attached hydrogens (tertiary/aromatic N) is 3. The Morgan fingerprint density at radius 3 is 2.52 bits per heavy atom. The summed E-state index contributed by atoms with van der Waals surface area (Å²) in [7, 11) is 1.70. The van der Waals surface area contributed by atoms with Gasteiger partial charge in [-0.3, -0.25) is 14.6 Å². The van der Waals surface area contributed by atoms with Crippen molar-refractivity contribution < 1.29 is 9.18 Å². The van der Waals surface area contributed by atoms with Crippen molar-refractivity contribution in [3.63, 3.8) is 0 Å². The molecule has 2 fully saturated rings. The fourth-order valence-electron chi connectivity index (χ4n) is 5.31. The van der Waals surface area contributed by atoms with Gasteiger partial charge in [-0.05, 0) is 49.1 Å². The minimum Gasteiger partial charge on any atom is -0.367 e. The van der Waals surface area contributed by atoms with E-state index in [2.05, 4.69) is 26.1 Å². The monoisotopic (exact) mass is 472 g/mol. The number of rotatable bonds is 7. The number of hydrogen-bond donors (Lipinski definition) is 1. The summed E-state index contributed by atoms with van der Waals surface area (Å²) in [5, 5.41) is 3.57. The maximum atomic E-state index is 14.2. The van der Waals surface area contributed by atoms with Crippen LogP contribution in [0.15, 0.2) is 48.5 Å². The molecular formula is C26H34ClFN4O. The van der Waals surface area contributed by atoms with Crippen molar-refractivity contribution in [1.82, 2.24) is 15.1 Å². The third-order valence-electron chi connectivity index (χ3n) is 7.13. The number of benzene rings is 2. The van der Waals surface area contributed by atoms with Crippen molar-refractivity contribution >= 4 is 23.2 Å². The van der Waals surface area contributed by atoms with Crippen LogP contribution in [0.4, 0.5) is 10.1 Å². The molecule has 0 spiro atoms. The second-order valence-corrected chi connectivity index (χ2v) is 9.54. The molecule has 1 amide bonds. The van der Waals surface area contributed by atoms with Crippen molar-refractivity contribution in [2.24, 2.45) is 5.92 Å². The van der Waals surface area contributed by atoms with Gasteiger partial charge in [0.05, 0.1) is 5.69 Å². The second kappa shape index (κ2) is 11.3. The molecule has 0 radical (unpaired) electrons. The van der Waals surface area contributed by atoms with E-state index in [9.17, 15) is 9.18 Å². The lowest BCUT2D eigenvalue weighted by molar-refractivity contribution is -0.121. The molecule has 33 heavy (non-hydrogen) atoms. The number of carbonyl (C=O) groups is 1. The highest BCUT2D eigenvalue weighted by Crippen LogP contribution is 2.30. The predicted octanol–water partition coefficient (Wildman–Crippen LogP) is 4.02. The quantitative estimate of drug-likeness (QED) is 0.660. The van der Waals surface area contributed by atoms with Gasteiger partial charge in [0.2, 0.25) is 5.91 Å². The minimum absolute atomic E-state index is 0.0985. The Morgan fingerprint density at radius 1 is 1.06 bits per heavy atom. The molecule has 0 aliphatic carbocycles. The van der Waals surface area contributed by atoms with Crippen LogP contribution in [-0.4, -0.2) is 68.1 Å². The van der Waals surface area contributed by atoms with Crippen LogP contribution in [0.3, 0.4) is 0 Å². The Kier molecular flexibility index (Phi) is 8.23. The van der Waals surface area contributed by atoms with Gasteiger partial charge in [-0.1, -0.05) is 41.9 Å². The fourth-order valence-corrected chi connectivity index (χ4v) is 5.51. The number of para-hydroxylation sites is 1. The van der Waals surface area contributed by atoms with Gasteiger partial charge in [0.1, 0.15) is 5.82 Å². The molecule has 0 saturated carbocycles. The van der Waals surface area contributed by atoms with Gasteiger partial charge in [-0.2, -0.15) is 0 Å². The molecule has 7 heteroatoms. The molecule has 2 saturated heterocycles. The molecule has 0 aromatic heterocycles. The first-order valence-electron chi connectivity index (χ1n) is 11.9. The molecule has 1 N–H and O–H groups in total. The Morgan fingerprint density at radius 2 is 1.79 bits per heavy atom. The molecule has 0 bridgehead atoms. The van der Waals surface area contributed by atoms with E-state index in [0.717, 1.165) is 69.2 Å². The van der Waals surface area contributed by atoms with Crippen LogP contribution in [0.1, 0.15) is 24.8 Å². The minimum atomic E-state index is -0.151.